The van der Waals surface area contributed by atoms with Gasteiger partial charge in [-0.25, -0.2) is 4.68 Å². The van der Waals surface area contributed by atoms with E-state index in [9.17, 15) is 0 Å². The summed E-state index contributed by atoms with van der Waals surface area (Å²) < 4.78 is 7.02. The highest BCUT2D eigenvalue weighted by molar-refractivity contribution is 5.68. The zero-order chi connectivity index (χ0) is 14.4. The largest absolute Gasteiger partial charge is 0.383 e. The molecule has 2 heterocycles. The minimum absolute atomic E-state index is 0.0753. The topological polar surface area (TPSA) is 82.8 Å². The number of hydrogen-bond donors (Lipinski definition) is 1. The summed E-state index contributed by atoms with van der Waals surface area (Å²) in [6, 6.07) is 9.71. The molecule has 0 unspecified atom stereocenters. The van der Waals surface area contributed by atoms with Gasteiger partial charge in [0.05, 0.1) is 11.9 Å². The summed E-state index contributed by atoms with van der Waals surface area (Å²) in [7, 11) is 0. The van der Waals surface area contributed by atoms with Crippen LogP contribution in [0.3, 0.4) is 0 Å². The molecule has 1 aliphatic rings. The summed E-state index contributed by atoms with van der Waals surface area (Å²) in [6.07, 6.45) is 3.87. The molecule has 0 aliphatic heterocycles. The van der Waals surface area contributed by atoms with E-state index in [1.807, 2.05) is 30.3 Å². The highest BCUT2D eigenvalue weighted by atomic mass is 16.5. The molecule has 0 radical (unpaired) electrons. The monoisotopic (exact) mass is 281 g/mol. The van der Waals surface area contributed by atoms with Crippen LogP contribution in [-0.4, -0.2) is 19.9 Å². The van der Waals surface area contributed by atoms with E-state index in [0.29, 0.717) is 17.3 Å². The fraction of sp³-hybridized carbons (Fsp3) is 0.267. The van der Waals surface area contributed by atoms with Crippen LogP contribution in [0.25, 0.3) is 17.1 Å². The van der Waals surface area contributed by atoms with Gasteiger partial charge >= 0.3 is 0 Å². The molecule has 0 bridgehead atoms. The SMILES string of the molecule is CC1(c2noc(-c3cnn(-c4ccccc4)c3N)n2)CC1. The Kier molecular flexibility index (Phi) is 2.42. The first-order valence-corrected chi connectivity index (χ1v) is 6.91. The highest BCUT2D eigenvalue weighted by Crippen LogP contribution is 2.46. The van der Waals surface area contributed by atoms with E-state index in [2.05, 4.69) is 22.2 Å². The lowest BCUT2D eigenvalue weighted by Gasteiger charge is -2.03. The first kappa shape index (κ1) is 12.1. The van der Waals surface area contributed by atoms with Gasteiger partial charge in [-0.05, 0) is 25.0 Å². The third-order valence-electron chi connectivity index (χ3n) is 4.00. The van der Waals surface area contributed by atoms with E-state index in [-0.39, 0.29) is 5.41 Å². The van der Waals surface area contributed by atoms with Gasteiger partial charge in [0.25, 0.3) is 5.89 Å². The average Bonchev–Trinajstić information content (AvgIpc) is 2.92. The van der Waals surface area contributed by atoms with Crippen LogP contribution in [0.2, 0.25) is 0 Å². The van der Waals surface area contributed by atoms with Gasteiger partial charge in [0.15, 0.2) is 5.82 Å². The molecule has 2 N–H and O–H groups in total. The predicted molar refractivity (Wildman–Crippen MR) is 77.9 cm³/mol. The zero-order valence-corrected chi connectivity index (χ0v) is 11.7. The van der Waals surface area contributed by atoms with E-state index in [0.717, 1.165) is 24.4 Å². The Morgan fingerprint density at radius 1 is 1.24 bits per heavy atom. The Bertz CT molecular complexity index is 786. The maximum Gasteiger partial charge on any atom is 0.263 e. The molecule has 0 amide bonds. The number of anilines is 1. The Balaban J connectivity index is 1.73. The van der Waals surface area contributed by atoms with Crippen LogP contribution >= 0.6 is 0 Å². The van der Waals surface area contributed by atoms with E-state index in [1.54, 1.807) is 10.9 Å². The van der Waals surface area contributed by atoms with E-state index >= 15 is 0 Å². The first-order chi connectivity index (χ1) is 10.2. The van der Waals surface area contributed by atoms with Gasteiger partial charge in [-0.1, -0.05) is 30.3 Å². The van der Waals surface area contributed by atoms with Crippen LogP contribution < -0.4 is 5.73 Å². The van der Waals surface area contributed by atoms with Crippen molar-refractivity contribution in [3.63, 3.8) is 0 Å². The molecule has 6 nitrogen and oxygen atoms in total. The summed E-state index contributed by atoms with van der Waals surface area (Å²) in [5, 5.41) is 8.38. The molecule has 1 fully saturated rings. The molecule has 1 saturated carbocycles. The molecule has 106 valence electrons. The Morgan fingerprint density at radius 2 is 2.00 bits per heavy atom. The molecule has 1 aromatic carbocycles. The standard InChI is InChI=1S/C15H15N5O/c1-15(7-8-15)14-18-13(21-19-14)11-9-17-20(12(11)16)10-5-3-2-4-6-10/h2-6,9H,7-8,16H2,1H3. The number of para-hydroxylation sites is 1. The lowest BCUT2D eigenvalue weighted by molar-refractivity contribution is 0.416. The van der Waals surface area contributed by atoms with Crippen LogP contribution in [0.15, 0.2) is 41.1 Å². The van der Waals surface area contributed by atoms with E-state index < -0.39 is 0 Å². The number of aromatic nitrogens is 4. The van der Waals surface area contributed by atoms with Crippen molar-refractivity contribution in [3.8, 4) is 17.1 Å². The number of rotatable bonds is 3. The molecule has 6 heteroatoms. The molecule has 1 aliphatic carbocycles. The van der Waals surface area contributed by atoms with Crippen LogP contribution in [0.5, 0.6) is 0 Å². The summed E-state index contributed by atoms with van der Waals surface area (Å²) in [4.78, 5) is 4.47. The Morgan fingerprint density at radius 3 is 2.71 bits per heavy atom. The van der Waals surface area contributed by atoms with Crippen LogP contribution in [0.4, 0.5) is 5.82 Å². The van der Waals surface area contributed by atoms with Crippen LogP contribution in [-0.2, 0) is 5.41 Å². The van der Waals surface area contributed by atoms with Gasteiger partial charge in [0, 0.05) is 5.41 Å². The third kappa shape index (κ3) is 1.91. The van der Waals surface area contributed by atoms with E-state index in [4.69, 9.17) is 10.3 Å². The Hall–Kier alpha value is -2.63. The maximum absolute atomic E-state index is 6.17. The molecule has 21 heavy (non-hydrogen) atoms. The van der Waals surface area contributed by atoms with Crippen molar-refractivity contribution in [2.24, 2.45) is 0 Å². The molecular weight excluding hydrogens is 266 g/mol. The summed E-state index contributed by atoms with van der Waals surface area (Å²) >= 11 is 0. The number of nitrogen functional groups attached to an aromatic ring is 1. The predicted octanol–water partition coefficient (Wildman–Crippen LogP) is 2.56. The van der Waals surface area contributed by atoms with Gasteiger partial charge in [-0.2, -0.15) is 10.1 Å². The normalized spacial score (nSPS) is 16.0. The van der Waals surface area contributed by atoms with Crippen molar-refractivity contribution in [2.45, 2.75) is 25.2 Å². The number of nitrogens with two attached hydrogens (primary N) is 1. The van der Waals surface area contributed by atoms with Gasteiger partial charge in [0.2, 0.25) is 0 Å². The molecular formula is C15H15N5O. The van der Waals surface area contributed by atoms with Crippen molar-refractivity contribution < 1.29 is 4.52 Å². The molecule has 0 spiro atoms. The van der Waals surface area contributed by atoms with Gasteiger partial charge in [-0.15, -0.1) is 0 Å². The lowest BCUT2D eigenvalue weighted by Crippen LogP contribution is -2.03. The third-order valence-corrected chi connectivity index (χ3v) is 4.00. The smallest absolute Gasteiger partial charge is 0.263 e. The van der Waals surface area contributed by atoms with Gasteiger partial charge < -0.3 is 10.3 Å². The molecule has 4 rings (SSSR count). The number of benzene rings is 1. The fourth-order valence-corrected chi connectivity index (χ4v) is 2.29. The summed E-state index contributed by atoms with van der Waals surface area (Å²) in [6.45, 7) is 2.14. The molecule has 0 saturated heterocycles. The lowest BCUT2D eigenvalue weighted by atomic mass is 10.1. The summed E-state index contributed by atoms with van der Waals surface area (Å²) in [5.41, 5.74) is 7.82. The number of hydrogen-bond acceptors (Lipinski definition) is 5. The maximum atomic E-state index is 6.17. The van der Waals surface area contributed by atoms with Crippen molar-refractivity contribution in [3.05, 3.63) is 42.4 Å². The quantitative estimate of drug-likeness (QED) is 0.797. The van der Waals surface area contributed by atoms with E-state index in [1.165, 1.54) is 0 Å². The second kappa shape index (κ2) is 4.18. The highest BCUT2D eigenvalue weighted by Gasteiger charge is 2.43. The first-order valence-electron chi connectivity index (χ1n) is 6.91. The number of nitrogens with zero attached hydrogens (tertiary/aromatic N) is 4. The minimum Gasteiger partial charge on any atom is -0.383 e. The summed E-state index contributed by atoms with van der Waals surface area (Å²) in [5.74, 6) is 1.68. The van der Waals surface area contributed by atoms with Gasteiger partial charge in [-0.3, -0.25) is 0 Å². The minimum atomic E-state index is 0.0753. The second-order valence-corrected chi connectivity index (χ2v) is 5.67. The second-order valence-electron chi connectivity index (χ2n) is 5.67. The molecule has 3 aromatic rings. The van der Waals surface area contributed by atoms with Crippen molar-refractivity contribution in [1.29, 1.82) is 0 Å². The van der Waals surface area contributed by atoms with Crippen molar-refractivity contribution in [1.82, 2.24) is 19.9 Å². The average molecular weight is 281 g/mol. The van der Waals surface area contributed by atoms with Crippen LogP contribution in [0, 0.1) is 0 Å². The zero-order valence-electron chi connectivity index (χ0n) is 11.7. The molecule has 0 atom stereocenters. The van der Waals surface area contributed by atoms with Gasteiger partial charge in [0.1, 0.15) is 11.4 Å². The Labute approximate surface area is 121 Å². The van der Waals surface area contributed by atoms with Crippen molar-refractivity contribution in [2.75, 3.05) is 5.73 Å². The fourth-order valence-electron chi connectivity index (χ4n) is 2.29. The van der Waals surface area contributed by atoms with Crippen LogP contribution in [0.1, 0.15) is 25.6 Å². The molecule has 2 aromatic heterocycles. The van der Waals surface area contributed by atoms with Crippen molar-refractivity contribution >= 4 is 5.82 Å².